The second-order valence-corrected chi connectivity index (χ2v) is 7.90. The number of aryl methyl sites for hydroxylation is 1. The van der Waals surface area contributed by atoms with Crippen LogP contribution in [-0.2, 0) is 16.4 Å². The molecule has 0 radical (unpaired) electrons. The predicted octanol–water partition coefficient (Wildman–Crippen LogP) is 4.58. The maximum absolute atomic E-state index is 14.4. The molecule has 150 valence electrons. The zero-order valence-corrected chi connectivity index (χ0v) is 16.3. The lowest BCUT2D eigenvalue weighted by Crippen LogP contribution is -2.16. The Labute approximate surface area is 167 Å². The number of carbonyl (C=O) groups excluding carboxylic acids is 1. The molecule has 0 spiro atoms. The molecule has 0 saturated carbocycles. The predicted molar refractivity (Wildman–Crippen MR) is 107 cm³/mol. The summed E-state index contributed by atoms with van der Waals surface area (Å²) < 4.78 is 55.1. The van der Waals surface area contributed by atoms with Crippen LogP contribution in [-0.4, -0.2) is 14.3 Å². The van der Waals surface area contributed by atoms with E-state index in [2.05, 4.69) is 10.0 Å². The molecule has 8 heteroatoms. The highest BCUT2D eigenvalue weighted by Crippen LogP contribution is 2.24. The standard InChI is InChI=1S/C21H18F2N2O3S/c1-2-14-5-3-4-6-19(14)25-29(27,28)17-11-12-20(18(23)13-17)24-21(26)15-7-9-16(22)10-8-15/h3-13,25H,2H2,1H3,(H,24,26). The van der Waals surface area contributed by atoms with Crippen LogP contribution < -0.4 is 10.0 Å². The van der Waals surface area contributed by atoms with E-state index in [1.165, 1.54) is 18.2 Å². The van der Waals surface area contributed by atoms with Gasteiger partial charge in [0.1, 0.15) is 11.6 Å². The van der Waals surface area contributed by atoms with E-state index in [1.807, 2.05) is 6.92 Å². The average Bonchev–Trinajstić information content (AvgIpc) is 2.70. The van der Waals surface area contributed by atoms with E-state index >= 15 is 0 Å². The molecule has 0 fully saturated rings. The van der Waals surface area contributed by atoms with Crippen molar-refractivity contribution in [3.8, 4) is 0 Å². The molecule has 5 nitrogen and oxygen atoms in total. The van der Waals surface area contributed by atoms with Crippen molar-refractivity contribution >= 4 is 27.3 Å². The van der Waals surface area contributed by atoms with E-state index in [0.29, 0.717) is 12.1 Å². The number of halogens is 2. The summed E-state index contributed by atoms with van der Waals surface area (Å²) in [5, 5.41) is 2.34. The molecule has 29 heavy (non-hydrogen) atoms. The van der Waals surface area contributed by atoms with Crippen LogP contribution in [0.2, 0.25) is 0 Å². The Hall–Kier alpha value is -3.26. The molecule has 2 N–H and O–H groups in total. The Morgan fingerprint density at radius 2 is 1.62 bits per heavy atom. The van der Waals surface area contributed by atoms with Crippen LogP contribution in [0.25, 0.3) is 0 Å². The molecule has 0 aromatic heterocycles. The molecule has 0 bridgehead atoms. The summed E-state index contributed by atoms with van der Waals surface area (Å²) in [6, 6.07) is 14.9. The first-order valence-corrected chi connectivity index (χ1v) is 10.3. The number of amides is 1. The van der Waals surface area contributed by atoms with Crippen LogP contribution in [0, 0.1) is 11.6 Å². The van der Waals surface area contributed by atoms with Gasteiger partial charge in [0.2, 0.25) is 0 Å². The van der Waals surface area contributed by atoms with E-state index in [-0.39, 0.29) is 16.1 Å². The highest BCUT2D eigenvalue weighted by molar-refractivity contribution is 7.92. The fraction of sp³-hybridized carbons (Fsp3) is 0.0952. The van der Waals surface area contributed by atoms with Gasteiger partial charge in [-0.05, 0) is 60.5 Å². The Balaban J connectivity index is 1.81. The zero-order valence-electron chi connectivity index (χ0n) is 15.4. The molecule has 0 aliphatic heterocycles. The fourth-order valence-electron chi connectivity index (χ4n) is 2.69. The van der Waals surface area contributed by atoms with E-state index in [4.69, 9.17) is 0 Å². The highest BCUT2D eigenvalue weighted by Gasteiger charge is 2.18. The molecule has 0 atom stereocenters. The quantitative estimate of drug-likeness (QED) is 0.618. The highest BCUT2D eigenvalue weighted by atomic mass is 32.2. The van der Waals surface area contributed by atoms with Crippen LogP contribution >= 0.6 is 0 Å². The minimum absolute atomic E-state index is 0.139. The minimum atomic E-state index is -4.01. The summed E-state index contributed by atoms with van der Waals surface area (Å²) in [6.07, 6.45) is 0.626. The maximum Gasteiger partial charge on any atom is 0.262 e. The van der Waals surface area contributed by atoms with Gasteiger partial charge in [0.15, 0.2) is 0 Å². The molecule has 0 unspecified atom stereocenters. The third-order valence-electron chi connectivity index (χ3n) is 4.25. The van der Waals surface area contributed by atoms with E-state index in [1.54, 1.807) is 24.3 Å². The van der Waals surface area contributed by atoms with E-state index in [0.717, 1.165) is 29.8 Å². The summed E-state index contributed by atoms with van der Waals surface area (Å²) in [5.41, 5.74) is 1.18. The molecule has 1 amide bonds. The van der Waals surface area contributed by atoms with Gasteiger partial charge in [-0.1, -0.05) is 25.1 Å². The van der Waals surface area contributed by atoms with Crippen LogP contribution in [0.1, 0.15) is 22.8 Å². The Kier molecular flexibility index (Phi) is 5.93. The van der Waals surface area contributed by atoms with Gasteiger partial charge in [0.05, 0.1) is 16.3 Å². The molecule has 3 rings (SSSR count). The van der Waals surface area contributed by atoms with Gasteiger partial charge in [0, 0.05) is 5.56 Å². The van der Waals surface area contributed by atoms with Crippen molar-refractivity contribution < 1.29 is 22.0 Å². The van der Waals surface area contributed by atoms with Gasteiger partial charge in [-0.25, -0.2) is 17.2 Å². The van der Waals surface area contributed by atoms with E-state index < -0.39 is 27.6 Å². The number of nitrogens with one attached hydrogen (secondary N) is 2. The average molecular weight is 416 g/mol. The normalized spacial score (nSPS) is 11.1. The smallest absolute Gasteiger partial charge is 0.262 e. The Morgan fingerprint density at radius 1 is 0.931 bits per heavy atom. The maximum atomic E-state index is 14.4. The second kappa shape index (κ2) is 8.40. The van der Waals surface area contributed by atoms with Crippen LogP contribution in [0.15, 0.2) is 71.6 Å². The van der Waals surface area contributed by atoms with Crippen LogP contribution in [0.3, 0.4) is 0 Å². The molecule has 0 heterocycles. The summed E-state index contributed by atoms with van der Waals surface area (Å²) in [7, 11) is -4.01. The van der Waals surface area contributed by atoms with Crippen molar-refractivity contribution in [3.05, 3.63) is 89.5 Å². The second-order valence-electron chi connectivity index (χ2n) is 6.22. The summed E-state index contributed by atoms with van der Waals surface area (Å²) in [5.74, 6) is -2.05. The summed E-state index contributed by atoms with van der Waals surface area (Å²) in [4.78, 5) is 11.9. The SMILES string of the molecule is CCc1ccccc1NS(=O)(=O)c1ccc(NC(=O)c2ccc(F)cc2)c(F)c1. The largest absolute Gasteiger partial charge is 0.319 e. The van der Waals surface area contributed by atoms with Gasteiger partial charge >= 0.3 is 0 Å². The fourth-order valence-corrected chi connectivity index (χ4v) is 3.80. The topological polar surface area (TPSA) is 75.3 Å². The molecule has 0 saturated heterocycles. The van der Waals surface area contributed by atoms with Gasteiger partial charge in [-0.2, -0.15) is 0 Å². The van der Waals surface area contributed by atoms with Crippen LogP contribution in [0.5, 0.6) is 0 Å². The van der Waals surface area contributed by atoms with Crippen molar-refractivity contribution in [1.82, 2.24) is 0 Å². The van der Waals surface area contributed by atoms with Gasteiger partial charge in [-0.3, -0.25) is 9.52 Å². The first-order valence-electron chi connectivity index (χ1n) is 8.77. The molecule has 3 aromatic carbocycles. The first-order chi connectivity index (χ1) is 13.8. The molecule has 0 aliphatic carbocycles. The van der Waals surface area contributed by atoms with Crippen molar-refractivity contribution in [2.24, 2.45) is 0 Å². The first kappa shape index (κ1) is 20.5. The monoisotopic (exact) mass is 416 g/mol. The number of sulfonamides is 1. The molecular weight excluding hydrogens is 398 g/mol. The number of benzene rings is 3. The molecule has 0 aliphatic rings. The van der Waals surface area contributed by atoms with Gasteiger partial charge in [0.25, 0.3) is 15.9 Å². The van der Waals surface area contributed by atoms with Crippen molar-refractivity contribution in [1.29, 1.82) is 0 Å². The number of anilines is 2. The number of hydrogen-bond acceptors (Lipinski definition) is 3. The zero-order chi connectivity index (χ0) is 21.0. The Morgan fingerprint density at radius 3 is 2.28 bits per heavy atom. The number of carbonyl (C=O) groups is 1. The number of para-hydroxylation sites is 1. The lowest BCUT2D eigenvalue weighted by molar-refractivity contribution is 0.102. The van der Waals surface area contributed by atoms with E-state index in [9.17, 15) is 22.0 Å². The minimum Gasteiger partial charge on any atom is -0.319 e. The molecular formula is C21H18F2N2O3S. The van der Waals surface area contributed by atoms with Crippen molar-refractivity contribution in [2.45, 2.75) is 18.2 Å². The number of hydrogen-bond donors (Lipinski definition) is 2. The van der Waals surface area contributed by atoms with Crippen molar-refractivity contribution in [3.63, 3.8) is 0 Å². The van der Waals surface area contributed by atoms with Gasteiger partial charge < -0.3 is 5.32 Å². The van der Waals surface area contributed by atoms with Gasteiger partial charge in [-0.15, -0.1) is 0 Å². The van der Waals surface area contributed by atoms with Crippen LogP contribution in [0.4, 0.5) is 20.2 Å². The van der Waals surface area contributed by atoms with Crippen molar-refractivity contribution in [2.75, 3.05) is 10.0 Å². The summed E-state index contributed by atoms with van der Waals surface area (Å²) in [6.45, 7) is 1.89. The molecule has 3 aromatic rings. The third kappa shape index (κ3) is 4.78. The Bertz CT molecular complexity index is 1150. The lowest BCUT2D eigenvalue weighted by Gasteiger charge is -2.13. The number of rotatable bonds is 6. The lowest BCUT2D eigenvalue weighted by atomic mass is 10.1. The third-order valence-corrected chi connectivity index (χ3v) is 5.61. The summed E-state index contributed by atoms with van der Waals surface area (Å²) >= 11 is 0.